The van der Waals surface area contributed by atoms with Crippen LogP contribution in [0.4, 0.5) is 0 Å². The molecule has 0 amide bonds. The van der Waals surface area contributed by atoms with E-state index >= 15 is 0 Å². The highest BCUT2D eigenvalue weighted by molar-refractivity contribution is 6.30. The Bertz CT molecular complexity index is 349. The quantitative estimate of drug-likeness (QED) is 0.403. The molecule has 0 bridgehead atoms. The van der Waals surface area contributed by atoms with Crippen molar-refractivity contribution in [3.8, 4) is 0 Å². The lowest BCUT2D eigenvalue weighted by molar-refractivity contribution is 0.578. The van der Waals surface area contributed by atoms with E-state index in [0.29, 0.717) is 11.1 Å². The molecule has 3 heteroatoms. The van der Waals surface area contributed by atoms with Gasteiger partial charge in [-0.1, -0.05) is 17.7 Å². The van der Waals surface area contributed by atoms with Crippen LogP contribution in [0.5, 0.6) is 0 Å². The highest BCUT2D eigenvalue weighted by Crippen LogP contribution is 2.26. The summed E-state index contributed by atoms with van der Waals surface area (Å²) >= 11 is 6.03. The highest BCUT2D eigenvalue weighted by Gasteiger charge is 2.17. The van der Waals surface area contributed by atoms with Crippen LogP contribution < -0.4 is 0 Å². The number of fused-ring (bicyclic) bond motifs is 1. The fourth-order valence-corrected chi connectivity index (χ4v) is 2.19. The maximum absolute atomic E-state index is 6.03. The van der Waals surface area contributed by atoms with Crippen molar-refractivity contribution >= 4 is 11.6 Å². The molecule has 0 radical (unpaired) electrons. The Morgan fingerprint density at radius 3 is 3.14 bits per heavy atom. The molecule has 0 saturated carbocycles. The zero-order chi connectivity index (χ0) is 9.97. The molecule has 0 aliphatic heterocycles. The van der Waals surface area contributed by atoms with Gasteiger partial charge in [-0.25, -0.2) is 9.97 Å². The molecule has 1 aliphatic carbocycles. The molecule has 2 rings (SSSR count). The van der Waals surface area contributed by atoms with Crippen LogP contribution in [0.25, 0.3) is 0 Å². The zero-order valence-corrected chi connectivity index (χ0v) is 8.80. The van der Waals surface area contributed by atoms with Crippen LogP contribution in [0.3, 0.4) is 0 Å². The van der Waals surface area contributed by atoms with E-state index < -0.39 is 0 Å². The first kappa shape index (κ1) is 9.66. The van der Waals surface area contributed by atoms with E-state index in [2.05, 4.69) is 16.5 Å². The second-order valence-corrected chi connectivity index (χ2v) is 4.04. The summed E-state index contributed by atoms with van der Waals surface area (Å²) in [6, 6.07) is 0. The normalized spacial score (nSPS) is 21.1. The maximum Gasteiger partial charge on any atom is 0.135 e. The van der Waals surface area contributed by atoms with E-state index in [1.165, 1.54) is 6.42 Å². The number of aromatic nitrogens is 2. The van der Waals surface area contributed by atoms with E-state index in [-0.39, 0.29) is 0 Å². The SMILES string of the molecule is C=C[C@H]1CCCc2c(Cl)ncnc2C1. The summed E-state index contributed by atoms with van der Waals surface area (Å²) in [5, 5.41) is 0.625. The third-order valence-corrected chi connectivity index (χ3v) is 3.10. The van der Waals surface area contributed by atoms with Gasteiger partial charge in [-0.15, -0.1) is 6.58 Å². The summed E-state index contributed by atoms with van der Waals surface area (Å²) in [7, 11) is 0. The molecule has 1 atom stereocenters. The summed E-state index contributed by atoms with van der Waals surface area (Å²) in [5.74, 6) is 0.544. The lowest BCUT2D eigenvalue weighted by Crippen LogP contribution is -2.02. The lowest BCUT2D eigenvalue weighted by Gasteiger charge is -2.08. The smallest absolute Gasteiger partial charge is 0.135 e. The molecule has 0 spiro atoms. The van der Waals surface area contributed by atoms with Gasteiger partial charge in [0.25, 0.3) is 0 Å². The Morgan fingerprint density at radius 1 is 1.50 bits per heavy atom. The van der Waals surface area contributed by atoms with Crippen LogP contribution >= 0.6 is 11.6 Å². The maximum atomic E-state index is 6.03. The number of hydrogen-bond donors (Lipinski definition) is 0. The second kappa shape index (κ2) is 4.09. The van der Waals surface area contributed by atoms with Crippen LogP contribution in [0.15, 0.2) is 19.0 Å². The van der Waals surface area contributed by atoms with Gasteiger partial charge in [0.05, 0.1) is 0 Å². The summed E-state index contributed by atoms with van der Waals surface area (Å²) in [5.41, 5.74) is 2.24. The minimum Gasteiger partial charge on any atom is -0.241 e. The number of nitrogens with zero attached hydrogens (tertiary/aromatic N) is 2. The van der Waals surface area contributed by atoms with Gasteiger partial charge in [-0.3, -0.25) is 0 Å². The van der Waals surface area contributed by atoms with Crippen LogP contribution in [0.2, 0.25) is 5.15 Å². The first-order valence-corrected chi connectivity index (χ1v) is 5.30. The predicted octanol–water partition coefficient (Wildman–Crippen LogP) is 2.81. The number of halogens is 1. The fraction of sp³-hybridized carbons (Fsp3) is 0.455. The molecule has 74 valence electrons. The number of allylic oxidation sites excluding steroid dienone is 1. The van der Waals surface area contributed by atoms with Gasteiger partial charge < -0.3 is 0 Å². The molecule has 1 heterocycles. The Hall–Kier alpha value is -0.890. The zero-order valence-electron chi connectivity index (χ0n) is 8.04. The average molecular weight is 209 g/mol. The first-order chi connectivity index (χ1) is 6.81. The van der Waals surface area contributed by atoms with E-state index in [4.69, 9.17) is 11.6 Å². The van der Waals surface area contributed by atoms with E-state index in [9.17, 15) is 0 Å². The number of hydrogen-bond acceptors (Lipinski definition) is 2. The van der Waals surface area contributed by atoms with Gasteiger partial charge in [0, 0.05) is 11.3 Å². The van der Waals surface area contributed by atoms with Gasteiger partial charge >= 0.3 is 0 Å². The molecule has 1 aromatic heterocycles. The summed E-state index contributed by atoms with van der Waals surface area (Å²) in [6.07, 6.45) is 7.85. The van der Waals surface area contributed by atoms with Crippen molar-refractivity contribution < 1.29 is 0 Å². The highest BCUT2D eigenvalue weighted by atomic mass is 35.5. The van der Waals surface area contributed by atoms with Crippen molar-refractivity contribution in [3.05, 3.63) is 35.4 Å². The van der Waals surface area contributed by atoms with Gasteiger partial charge in [0.1, 0.15) is 11.5 Å². The number of rotatable bonds is 1. The minimum atomic E-state index is 0.544. The van der Waals surface area contributed by atoms with Gasteiger partial charge in [0.15, 0.2) is 0 Å². The molecule has 1 aromatic rings. The summed E-state index contributed by atoms with van der Waals surface area (Å²) in [6.45, 7) is 3.84. The van der Waals surface area contributed by atoms with Crippen molar-refractivity contribution in [1.29, 1.82) is 0 Å². The third-order valence-electron chi connectivity index (χ3n) is 2.77. The molecule has 0 unspecified atom stereocenters. The van der Waals surface area contributed by atoms with Gasteiger partial charge in [-0.05, 0) is 31.6 Å². The third kappa shape index (κ3) is 1.80. The van der Waals surface area contributed by atoms with Gasteiger partial charge in [0.2, 0.25) is 0 Å². The van der Waals surface area contributed by atoms with Crippen molar-refractivity contribution in [1.82, 2.24) is 9.97 Å². The van der Waals surface area contributed by atoms with Crippen LogP contribution in [0.1, 0.15) is 24.1 Å². The first-order valence-electron chi connectivity index (χ1n) is 4.92. The van der Waals surface area contributed by atoms with Crippen molar-refractivity contribution in [2.45, 2.75) is 25.7 Å². The largest absolute Gasteiger partial charge is 0.241 e. The Kier molecular flexibility index (Phi) is 2.82. The van der Waals surface area contributed by atoms with Crippen LogP contribution in [0, 0.1) is 5.92 Å². The topological polar surface area (TPSA) is 25.8 Å². The van der Waals surface area contributed by atoms with Gasteiger partial charge in [-0.2, -0.15) is 0 Å². The van der Waals surface area contributed by atoms with E-state index in [0.717, 1.165) is 30.5 Å². The molecule has 0 fully saturated rings. The molecule has 2 nitrogen and oxygen atoms in total. The lowest BCUT2D eigenvalue weighted by atomic mass is 10.0. The average Bonchev–Trinajstić information content (AvgIpc) is 2.40. The second-order valence-electron chi connectivity index (χ2n) is 3.68. The van der Waals surface area contributed by atoms with Crippen LogP contribution in [-0.2, 0) is 12.8 Å². The van der Waals surface area contributed by atoms with Crippen molar-refractivity contribution in [2.24, 2.45) is 5.92 Å². The summed E-state index contributed by atoms with van der Waals surface area (Å²) in [4.78, 5) is 8.31. The molecule has 0 aromatic carbocycles. The Balaban J connectivity index is 2.36. The van der Waals surface area contributed by atoms with Crippen molar-refractivity contribution in [2.75, 3.05) is 0 Å². The minimum absolute atomic E-state index is 0.544. The monoisotopic (exact) mass is 208 g/mol. The Labute approximate surface area is 89.0 Å². The van der Waals surface area contributed by atoms with Crippen molar-refractivity contribution in [3.63, 3.8) is 0 Å². The molecular weight excluding hydrogens is 196 g/mol. The molecule has 0 N–H and O–H groups in total. The molecule has 14 heavy (non-hydrogen) atoms. The Morgan fingerprint density at radius 2 is 2.36 bits per heavy atom. The predicted molar refractivity (Wildman–Crippen MR) is 57.4 cm³/mol. The molecule has 0 saturated heterocycles. The van der Waals surface area contributed by atoms with E-state index in [1.807, 2.05) is 6.08 Å². The molecule has 1 aliphatic rings. The fourth-order valence-electron chi connectivity index (χ4n) is 1.94. The molecular formula is C11H13ClN2. The summed E-state index contributed by atoms with van der Waals surface area (Å²) < 4.78 is 0. The standard InChI is InChI=1S/C11H13ClN2/c1-2-8-4-3-5-9-10(6-8)13-7-14-11(9)12/h2,7-8H,1,3-6H2/t8-/m0/s1. The van der Waals surface area contributed by atoms with Crippen LogP contribution in [-0.4, -0.2) is 9.97 Å². The van der Waals surface area contributed by atoms with E-state index in [1.54, 1.807) is 6.33 Å².